The van der Waals surface area contributed by atoms with Gasteiger partial charge in [-0.3, -0.25) is 9.59 Å². The van der Waals surface area contributed by atoms with Crippen molar-refractivity contribution in [2.24, 2.45) is 17.3 Å². The number of phenolic OH excluding ortho intramolecular Hbond substituents is 2. The highest BCUT2D eigenvalue weighted by Crippen LogP contribution is 2.58. The van der Waals surface area contributed by atoms with Gasteiger partial charge in [-0.15, -0.1) is 0 Å². The number of Topliss-reactive ketones (excluding diaryl/α,β-unsaturated/α-hetero) is 2. The van der Waals surface area contributed by atoms with Crippen LogP contribution in [0.4, 0.5) is 0 Å². The third-order valence-corrected chi connectivity index (χ3v) is 11.9. The summed E-state index contributed by atoms with van der Waals surface area (Å²) < 4.78 is 6.64. The largest absolute Gasteiger partial charge is 0.508 e. The molecule has 4 rings (SSSR count). The van der Waals surface area contributed by atoms with Gasteiger partial charge in [-0.25, -0.2) is 0 Å². The van der Waals surface area contributed by atoms with E-state index in [9.17, 15) is 24.9 Å². The third-order valence-electron chi connectivity index (χ3n) is 8.79. The first-order valence-electron chi connectivity index (χ1n) is 11.8. The Labute approximate surface area is 217 Å². The van der Waals surface area contributed by atoms with Crippen molar-refractivity contribution in [1.29, 1.82) is 0 Å². The second-order valence-corrected chi connectivity index (χ2v) is 14.0. The van der Waals surface area contributed by atoms with Gasteiger partial charge in [0.05, 0.1) is 22.7 Å². The Hall–Kier alpha value is -0.960. The molecular weight excluding hydrogens is 568 g/mol. The molecule has 2 aliphatic carbocycles. The Morgan fingerprint density at radius 1 is 1.09 bits per heavy atom. The molecule has 188 valence electrons. The van der Waals surface area contributed by atoms with E-state index < -0.39 is 28.5 Å². The van der Waals surface area contributed by atoms with E-state index in [1.807, 2.05) is 13.8 Å². The molecule has 3 N–H and O–H groups in total. The lowest BCUT2D eigenvalue weighted by Gasteiger charge is -2.58. The van der Waals surface area contributed by atoms with Gasteiger partial charge < -0.3 is 20.1 Å². The zero-order valence-electron chi connectivity index (χ0n) is 20.5. The summed E-state index contributed by atoms with van der Waals surface area (Å²) in [6.07, 6.45) is 1.85. The molecule has 1 heterocycles. The van der Waals surface area contributed by atoms with E-state index in [1.165, 1.54) is 13.0 Å². The summed E-state index contributed by atoms with van der Waals surface area (Å²) in [4.78, 5) is 28.1. The van der Waals surface area contributed by atoms with Crippen molar-refractivity contribution in [3.05, 3.63) is 22.8 Å². The molecule has 2 unspecified atom stereocenters. The highest BCUT2D eigenvalue weighted by molar-refractivity contribution is 9.09. The van der Waals surface area contributed by atoms with Gasteiger partial charge in [-0.05, 0) is 70.8 Å². The molecule has 1 saturated heterocycles. The average molecular weight is 602 g/mol. The second kappa shape index (κ2) is 8.02. The summed E-state index contributed by atoms with van der Waals surface area (Å²) in [6.45, 7) is 11.2. The fraction of sp³-hybridized carbons (Fsp3) is 0.692. The minimum absolute atomic E-state index is 0.0191. The summed E-state index contributed by atoms with van der Waals surface area (Å²) in [5, 5.41) is 32.6. The van der Waals surface area contributed by atoms with Crippen LogP contribution in [0.5, 0.6) is 11.5 Å². The zero-order valence-corrected chi connectivity index (χ0v) is 23.7. The number of phenols is 2. The Kier molecular flexibility index (Phi) is 6.16. The van der Waals surface area contributed by atoms with Crippen LogP contribution in [-0.2, 0) is 4.74 Å². The van der Waals surface area contributed by atoms with Gasteiger partial charge in [0.2, 0.25) is 0 Å². The molecule has 0 spiro atoms. The first kappa shape index (κ1) is 26.1. The Morgan fingerprint density at radius 2 is 1.71 bits per heavy atom. The lowest BCUT2D eigenvalue weighted by atomic mass is 9.54. The molecule has 34 heavy (non-hydrogen) atoms. The van der Waals surface area contributed by atoms with Gasteiger partial charge in [0.1, 0.15) is 17.1 Å². The summed E-state index contributed by atoms with van der Waals surface area (Å²) in [6, 6.07) is 1.27. The number of aliphatic hydroxyl groups is 1. The topological polar surface area (TPSA) is 104 Å². The Balaban J connectivity index is 1.95. The van der Waals surface area contributed by atoms with Crippen molar-refractivity contribution in [3.8, 4) is 11.5 Å². The summed E-state index contributed by atoms with van der Waals surface area (Å²) in [5.74, 6) is -2.57. The first-order valence-corrected chi connectivity index (χ1v) is 13.7. The third kappa shape index (κ3) is 3.61. The molecule has 2 fully saturated rings. The van der Waals surface area contributed by atoms with Crippen LogP contribution in [0.25, 0.3) is 0 Å². The van der Waals surface area contributed by atoms with Crippen LogP contribution in [0.15, 0.2) is 6.07 Å². The number of ether oxygens (including phenoxy) is 1. The van der Waals surface area contributed by atoms with Crippen molar-refractivity contribution in [3.63, 3.8) is 0 Å². The van der Waals surface area contributed by atoms with Crippen molar-refractivity contribution < 1.29 is 29.6 Å². The van der Waals surface area contributed by atoms with Gasteiger partial charge in [-0.1, -0.05) is 45.7 Å². The van der Waals surface area contributed by atoms with E-state index in [0.29, 0.717) is 12.8 Å². The fourth-order valence-electron chi connectivity index (χ4n) is 6.44. The lowest BCUT2D eigenvalue weighted by Crippen LogP contribution is -2.67. The van der Waals surface area contributed by atoms with Gasteiger partial charge in [-0.2, -0.15) is 0 Å². The van der Waals surface area contributed by atoms with E-state index >= 15 is 0 Å². The van der Waals surface area contributed by atoms with E-state index in [4.69, 9.17) is 4.74 Å². The van der Waals surface area contributed by atoms with Crippen LogP contribution in [0.3, 0.4) is 0 Å². The normalized spacial score (nSPS) is 38.9. The predicted octanol–water partition coefficient (Wildman–Crippen LogP) is 5.44. The molecular formula is C26H34Br2O6. The molecule has 3 aliphatic rings. The maximum Gasteiger partial charge on any atom is 0.196 e. The van der Waals surface area contributed by atoms with Gasteiger partial charge in [0, 0.05) is 20.8 Å². The maximum atomic E-state index is 14.3. The van der Waals surface area contributed by atoms with E-state index in [2.05, 4.69) is 45.7 Å². The molecule has 0 bridgehead atoms. The minimum Gasteiger partial charge on any atom is -0.508 e. The monoisotopic (exact) mass is 600 g/mol. The van der Waals surface area contributed by atoms with Gasteiger partial charge in [0.15, 0.2) is 11.6 Å². The standard InChI is InChI=1S/C26H34Br2O6/c1-12-15(29)9-13-19(20(12)30)21(31)14-10-18(28)24(4,5)34-26(14,22(13)32)11-16-23(2,3)17(27)7-8-25(16,6)33/h9,14,16-18,29-30,33H,7-8,10-11H2,1-6H3/t14?,16?,17-,18+,25-,26+/m0/s1. The number of aromatic hydroxyl groups is 2. The van der Waals surface area contributed by atoms with Crippen LogP contribution in [0, 0.1) is 24.2 Å². The minimum atomic E-state index is -1.53. The number of carbonyl (C=O) groups is 2. The number of carbonyl (C=O) groups excluding carboxylic acids is 2. The molecule has 0 aromatic heterocycles. The molecule has 6 nitrogen and oxygen atoms in total. The highest BCUT2D eigenvalue weighted by Gasteiger charge is 2.65. The zero-order chi connectivity index (χ0) is 25.6. The van der Waals surface area contributed by atoms with E-state index in [-0.39, 0.29) is 61.4 Å². The summed E-state index contributed by atoms with van der Waals surface area (Å²) in [7, 11) is 0. The van der Waals surface area contributed by atoms with Crippen LogP contribution in [0.2, 0.25) is 0 Å². The van der Waals surface area contributed by atoms with Crippen molar-refractivity contribution in [2.75, 3.05) is 0 Å². The lowest BCUT2D eigenvalue weighted by molar-refractivity contribution is -0.193. The van der Waals surface area contributed by atoms with Crippen LogP contribution < -0.4 is 0 Å². The van der Waals surface area contributed by atoms with Crippen molar-refractivity contribution >= 4 is 43.4 Å². The Bertz CT molecular complexity index is 1060. The fourth-order valence-corrected chi connectivity index (χ4v) is 7.46. The highest BCUT2D eigenvalue weighted by atomic mass is 79.9. The number of ketones is 2. The average Bonchev–Trinajstić information content (AvgIpc) is 2.73. The maximum absolute atomic E-state index is 14.3. The second-order valence-electron chi connectivity index (χ2n) is 11.8. The van der Waals surface area contributed by atoms with Gasteiger partial charge >= 0.3 is 0 Å². The molecule has 1 aromatic rings. The van der Waals surface area contributed by atoms with Crippen LogP contribution in [-0.4, -0.2) is 53.3 Å². The quantitative estimate of drug-likeness (QED) is 0.390. The summed E-state index contributed by atoms with van der Waals surface area (Å²) >= 11 is 7.45. The number of rotatable bonds is 2. The number of hydrogen-bond donors (Lipinski definition) is 3. The number of halogens is 2. The first-order chi connectivity index (χ1) is 15.5. The molecule has 1 aromatic carbocycles. The molecule has 0 radical (unpaired) electrons. The van der Waals surface area contributed by atoms with Crippen molar-refractivity contribution in [1.82, 2.24) is 0 Å². The molecule has 1 aliphatic heterocycles. The number of alkyl halides is 2. The van der Waals surface area contributed by atoms with Crippen molar-refractivity contribution in [2.45, 2.75) is 93.7 Å². The molecule has 6 atom stereocenters. The SMILES string of the molecule is Cc1c(O)cc2c(c1O)C(=O)C1C[C@@H](Br)C(C)(C)O[C@@]1(CC1C(C)(C)[C@@H](Br)CC[C@]1(C)O)C2=O. The smallest absolute Gasteiger partial charge is 0.196 e. The number of fused-ring (bicyclic) bond motifs is 2. The van der Waals surface area contributed by atoms with Crippen LogP contribution in [0.1, 0.15) is 86.6 Å². The molecule has 8 heteroatoms. The van der Waals surface area contributed by atoms with Gasteiger partial charge in [0.25, 0.3) is 0 Å². The molecule has 1 saturated carbocycles. The summed E-state index contributed by atoms with van der Waals surface area (Å²) in [5.41, 5.74) is -3.64. The predicted molar refractivity (Wildman–Crippen MR) is 136 cm³/mol. The van der Waals surface area contributed by atoms with Crippen LogP contribution >= 0.6 is 31.9 Å². The molecule has 0 amide bonds. The van der Waals surface area contributed by atoms with E-state index in [1.54, 1.807) is 6.92 Å². The van der Waals surface area contributed by atoms with E-state index in [0.717, 1.165) is 6.42 Å². The Morgan fingerprint density at radius 3 is 2.32 bits per heavy atom. The number of benzene rings is 1. The number of hydrogen-bond acceptors (Lipinski definition) is 6.